The van der Waals surface area contributed by atoms with Gasteiger partial charge < -0.3 is 10.2 Å². The van der Waals surface area contributed by atoms with E-state index in [1.54, 1.807) is 18.3 Å². The van der Waals surface area contributed by atoms with Crippen LogP contribution in [0, 0.1) is 0 Å². The number of benzene rings is 1. The van der Waals surface area contributed by atoms with E-state index in [1.807, 2.05) is 50.2 Å². The summed E-state index contributed by atoms with van der Waals surface area (Å²) in [4.78, 5) is 6.16. The molecule has 0 aliphatic heterocycles. The highest BCUT2D eigenvalue weighted by Gasteiger charge is 2.09. The Labute approximate surface area is 137 Å². The highest BCUT2D eigenvalue weighted by atomic mass is 32.2. The number of sulfonamides is 1. The maximum atomic E-state index is 11.7. The molecular formula is C16H22N4O2S. The summed E-state index contributed by atoms with van der Waals surface area (Å²) in [6, 6.07) is 11.4. The molecule has 0 amide bonds. The second kappa shape index (κ2) is 7.32. The quantitative estimate of drug-likeness (QED) is 0.814. The third kappa shape index (κ3) is 5.14. The number of nitrogens with one attached hydrogen (secondary N) is 2. The van der Waals surface area contributed by atoms with Crippen LogP contribution >= 0.6 is 0 Å². The zero-order chi connectivity index (χ0) is 16.9. The van der Waals surface area contributed by atoms with Crippen LogP contribution in [0.1, 0.15) is 13.3 Å². The monoisotopic (exact) mass is 334 g/mol. The summed E-state index contributed by atoms with van der Waals surface area (Å²) in [5.41, 5.74) is 2.85. The Morgan fingerprint density at radius 1 is 1.04 bits per heavy atom. The first-order valence-electron chi connectivity index (χ1n) is 7.40. The predicted molar refractivity (Wildman–Crippen MR) is 96.0 cm³/mol. The summed E-state index contributed by atoms with van der Waals surface area (Å²) in [6.07, 6.45) is 2.17. The van der Waals surface area contributed by atoms with E-state index in [9.17, 15) is 8.42 Å². The first kappa shape index (κ1) is 17.1. The van der Waals surface area contributed by atoms with Gasteiger partial charge in [0.25, 0.3) is 0 Å². The fraction of sp³-hybridized carbons (Fsp3) is 0.312. The van der Waals surface area contributed by atoms with Crippen molar-refractivity contribution in [1.29, 1.82) is 0 Å². The van der Waals surface area contributed by atoms with Crippen molar-refractivity contribution in [3.8, 4) is 0 Å². The predicted octanol–water partition coefficient (Wildman–Crippen LogP) is 3.04. The molecule has 2 rings (SSSR count). The average Bonchev–Trinajstić information content (AvgIpc) is 2.49. The molecule has 23 heavy (non-hydrogen) atoms. The van der Waals surface area contributed by atoms with Gasteiger partial charge in [-0.25, -0.2) is 13.4 Å². The molecule has 2 aromatic rings. The van der Waals surface area contributed by atoms with Crippen LogP contribution in [0.25, 0.3) is 0 Å². The van der Waals surface area contributed by atoms with Crippen molar-refractivity contribution in [2.75, 3.05) is 34.8 Å². The summed E-state index contributed by atoms with van der Waals surface area (Å²) in [6.45, 7) is 1.82. The van der Waals surface area contributed by atoms with Gasteiger partial charge in [0.05, 0.1) is 17.6 Å². The molecule has 0 saturated carbocycles. The van der Waals surface area contributed by atoms with E-state index in [1.165, 1.54) is 0 Å². The van der Waals surface area contributed by atoms with E-state index in [4.69, 9.17) is 0 Å². The summed E-state index contributed by atoms with van der Waals surface area (Å²) >= 11 is 0. The highest BCUT2D eigenvalue weighted by Crippen LogP contribution is 2.20. The Kier molecular flexibility index (Phi) is 5.44. The van der Waals surface area contributed by atoms with E-state index >= 15 is 0 Å². The van der Waals surface area contributed by atoms with Gasteiger partial charge in [-0.1, -0.05) is 6.92 Å². The van der Waals surface area contributed by atoms with Crippen molar-refractivity contribution in [2.24, 2.45) is 0 Å². The summed E-state index contributed by atoms with van der Waals surface area (Å²) < 4.78 is 25.8. The number of anilines is 4. The van der Waals surface area contributed by atoms with E-state index in [0.29, 0.717) is 12.2 Å². The van der Waals surface area contributed by atoms with Crippen molar-refractivity contribution in [3.63, 3.8) is 0 Å². The average molecular weight is 334 g/mol. The first-order valence-corrected chi connectivity index (χ1v) is 9.06. The molecule has 0 atom stereocenters. The standard InChI is InChI=1S/C16H22N4O2S/c1-4-11-23(21,22)19-16-10-7-14(12-17-16)18-13-5-8-15(9-6-13)20(2)3/h5-10,12,18H,4,11H2,1-3H3,(H,17,19). The number of rotatable bonds is 7. The van der Waals surface area contributed by atoms with E-state index < -0.39 is 10.0 Å². The summed E-state index contributed by atoms with van der Waals surface area (Å²) in [5, 5.41) is 3.23. The molecule has 0 bridgehead atoms. The molecule has 0 saturated heterocycles. The fourth-order valence-electron chi connectivity index (χ4n) is 2.02. The van der Waals surface area contributed by atoms with Crippen molar-refractivity contribution in [2.45, 2.75) is 13.3 Å². The Balaban J connectivity index is 2.02. The van der Waals surface area contributed by atoms with Gasteiger partial charge in [0, 0.05) is 25.5 Å². The number of aromatic nitrogens is 1. The second-order valence-electron chi connectivity index (χ2n) is 5.42. The largest absolute Gasteiger partial charge is 0.378 e. The molecular weight excluding hydrogens is 312 g/mol. The Hall–Kier alpha value is -2.28. The van der Waals surface area contributed by atoms with Crippen LogP contribution in [-0.4, -0.2) is 33.2 Å². The first-order chi connectivity index (χ1) is 10.9. The third-order valence-corrected chi connectivity index (χ3v) is 4.63. The minimum absolute atomic E-state index is 0.0902. The smallest absolute Gasteiger partial charge is 0.233 e. The molecule has 0 radical (unpaired) electrons. The van der Waals surface area contributed by atoms with Crippen LogP contribution in [-0.2, 0) is 10.0 Å². The van der Waals surface area contributed by atoms with Crippen molar-refractivity contribution < 1.29 is 8.42 Å². The lowest BCUT2D eigenvalue weighted by atomic mass is 10.2. The van der Waals surface area contributed by atoms with Crippen LogP contribution in [0.3, 0.4) is 0 Å². The highest BCUT2D eigenvalue weighted by molar-refractivity contribution is 7.92. The van der Waals surface area contributed by atoms with Gasteiger partial charge in [0.1, 0.15) is 5.82 Å². The fourth-order valence-corrected chi connectivity index (χ4v) is 3.10. The molecule has 1 aromatic carbocycles. The van der Waals surface area contributed by atoms with E-state index in [2.05, 4.69) is 15.0 Å². The lowest BCUT2D eigenvalue weighted by Gasteiger charge is -2.13. The van der Waals surface area contributed by atoms with Gasteiger partial charge in [0.2, 0.25) is 10.0 Å². The zero-order valence-corrected chi connectivity index (χ0v) is 14.4. The number of nitrogens with zero attached hydrogens (tertiary/aromatic N) is 2. The number of hydrogen-bond acceptors (Lipinski definition) is 5. The molecule has 124 valence electrons. The maximum absolute atomic E-state index is 11.7. The van der Waals surface area contributed by atoms with Gasteiger partial charge in [-0.2, -0.15) is 0 Å². The Bertz CT molecular complexity index is 726. The van der Waals surface area contributed by atoms with Crippen molar-refractivity contribution >= 4 is 32.9 Å². The molecule has 0 unspecified atom stereocenters. The van der Waals surface area contributed by atoms with E-state index in [0.717, 1.165) is 17.1 Å². The molecule has 7 heteroatoms. The minimum Gasteiger partial charge on any atom is -0.378 e. The SMILES string of the molecule is CCCS(=O)(=O)Nc1ccc(Nc2ccc(N(C)C)cc2)cn1. The van der Waals surface area contributed by atoms with E-state index in [-0.39, 0.29) is 5.75 Å². The normalized spacial score (nSPS) is 11.1. The van der Waals surface area contributed by atoms with Gasteiger partial charge in [-0.15, -0.1) is 0 Å². The van der Waals surface area contributed by atoms with Crippen molar-refractivity contribution in [1.82, 2.24) is 4.98 Å². The maximum Gasteiger partial charge on any atom is 0.233 e. The molecule has 0 fully saturated rings. The van der Waals surface area contributed by atoms with Crippen LogP contribution < -0.4 is 14.9 Å². The van der Waals surface area contributed by atoms with Crippen LogP contribution in [0.4, 0.5) is 22.9 Å². The molecule has 0 spiro atoms. The second-order valence-corrected chi connectivity index (χ2v) is 7.26. The molecule has 2 N–H and O–H groups in total. The third-order valence-electron chi connectivity index (χ3n) is 3.17. The molecule has 6 nitrogen and oxygen atoms in total. The summed E-state index contributed by atoms with van der Waals surface area (Å²) in [7, 11) is 0.675. The lowest BCUT2D eigenvalue weighted by Crippen LogP contribution is -2.16. The molecule has 0 aliphatic rings. The van der Waals surface area contributed by atoms with Crippen LogP contribution in [0.2, 0.25) is 0 Å². The number of pyridine rings is 1. The Morgan fingerprint density at radius 3 is 2.22 bits per heavy atom. The van der Waals surface area contributed by atoms with Crippen molar-refractivity contribution in [3.05, 3.63) is 42.6 Å². The minimum atomic E-state index is -3.31. The van der Waals surface area contributed by atoms with Crippen LogP contribution in [0.15, 0.2) is 42.6 Å². The van der Waals surface area contributed by atoms with Gasteiger partial charge in [0.15, 0.2) is 0 Å². The van der Waals surface area contributed by atoms with Gasteiger partial charge in [-0.05, 0) is 42.8 Å². The van der Waals surface area contributed by atoms with Gasteiger partial charge >= 0.3 is 0 Å². The molecule has 0 aliphatic carbocycles. The number of hydrogen-bond donors (Lipinski definition) is 2. The Morgan fingerprint density at radius 2 is 1.70 bits per heavy atom. The van der Waals surface area contributed by atoms with Crippen LogP contribution in [0.5, 0.6) is 0 Å². The zero-order valence-electron chi connectivity index (χ0n) is 13.6. The van der Waals surface area contributed by atoms with Gasteiger partial charge in [-0.3, -0.25) is 4.72 Å². The lowest BCUT2D eigenvalue weighted by molar-refractivity contribution is 0.599. The molecule has 1 aromatic heterocycles. The summed E-state index contributed by atoms with van der Waals surface area (Å²) in [5.74, 6) is 0.416. The topological polar surface area (TPSA) is 74.3 Å². The molecule has 1 heterocycles.